The second-order valence-corrected chi connectivity index (χ2v) is 2.59. The van der Waals surface area contributed by atoms with Crippen LogP contribution in [0.3, 0.4) is 0 Å². The fraction of sp³-hybridized carbons (Fsp3) is 0.500. The molecular weight excluding hydrogens is 166 g/mol. The zero-order valence-electron chi connectivity index (χ0n) is 8.29. The van der Waals surface area contributed by atoms with Gasteiger partial charge < -0.3 is 10.0 Å². The Balaban J connectivity index is 4.56. The molecule has 0 aliphatic carbocycles. The predicted octanol–water partition coefficient (Wildman–Crippen LogP) is 1.87. The van der Waals surface area contributed by atoms with Crippen LogP contribution < -0.4 is 0 Å². The number of hydrogen-bond acceptors (Lipinski definition) is 2. The largest absolute Gasteiger partial charge is 0.477 e. The van der Waals surface area contributed by atoms with Crippen molar-refractivity contribution in [3.05, 3.63) is 24.4 Å². The third-order valence-electron chi connectivity index (χ3n) is 1.80. The quantitative estimate of drug-likeness (QED) is 0.505. The monoisotopic (exact) mass is 183 g/mol. The summed E-state index contributed by atoms with van der Waals surface area (Å²) in [5, 5.41) is 8.89. The predicted molar refractivity (Wildman–Crippen MR) is 53.5 cm³/mol. The van der Waals surface area contributed by atoms with Gasteiger partial charge in [0.2, 0.25) is 0 Å². The molecule has 0 saturated heterocycles. The average Bonchev–Trinajstić information content (AvgIpc) is 2.11. The molecule has 0 rings (SSSR count). The smallest absolute Gasteiger partial charge is 0.351 e. The van der Waals surface area contributed by atoms with Gasteiger partial charge in [0.25, 0.3) is 0 Å². The Morgan fingerprint density at radius 3 is 2.31 bits per heavy atom. The Hall–Kier alpha value is -1.25. The lowest BCUT2D eigenvalue weighted by atomic mass is 10.3. The van der Waals surface area contributed by atoms with Crippen molar-refractivity contribution in [2.75, 3.05) is 13.1 Å². The molecule has 0 aromatic rings. The van der Waals surface area contributed by atoms with Gasteiger partial charge in [0, 0.05) is 13.1 Å². The molecule has 13 heavy (non-hydrogen) atoms. The summed E-state index contributed by atoms with van der Waals surface area (Å²) in [5.74, 6) is -0.870. The van der Waals surface area contributed by atoms with E-state index in [9.17, 15) is 4.79 Å². The summed E-state index contributed by atoms with van der Waals surface area (Å²) in [6, 6.07) is 0. The zero-order valence-corrected chi connectivity index (χ0v) is 8.29. The highest BCUT2D eigenvalue weighted by molar-refractivity contribution is 5.85. The highest BCUT2D eigenvalue weighted by Crippen LogP contribution is 2.05. The molecule has 0 heterocycles. The highest BCUT2D eigenvalue weighted by Gasteiger charge is 2.11. The number of carbonyl (C=O) groups is 1. The van der Waals surface area contributed by atoms with Crippen LogP contribution in [0.2, 0.25) is 0 Å². The van der Waals surface area contributed by atoms with Crippen LogP contribution in [0.4, 0.5) is 0 Å². The molecule has 0 aromatic carbocycles. The minimum Gasteiger partial charge on any atom is -0.477 e. The third kappa shape index (κ3) is 3.78. The SMILES string of the molecule is C=CC/C=C(\C(=O)O)N(CC)CC. The summed E-state index contributed by atoms with van der Waals surface area (Å²) in [6.07, 6.45) is 3.97. The van der Waals surface area contributed by atoms with Crippen LogP contribution in [-0.4, -0.2) is 29.1 Å². The number of rotatable bonds is 6. The second-order valence-electron chi connectivity index (χ2n) is 2.59. The van der Waals surface area contributed by atoms with E-state index in [1.165, 1.54) is 0 Å². The Morgan fingerprint density at radius 1 is 1.46 bits per heavy atom. The van der Waals surface area contributed by atoms with E-state index in [2.05, 4.69) is 6.58 Å². The third-order valence-corrected chi connectivity index (χ3v) is 1.80. The number of carboxylic acids is 1. The number of carboxylic acid groups (broad SMARTS) is 1. The number of nitrogens with zero attached hydrogens (tertiary/aromatic N) is 1. The van der Waals surface area contributed by atoms with Crippen molar-refractivity contribution in [1.29, 1.82) is 0 Å². The first-order valence-electron chi connectivity index (χ1n) is 4.46. The van der Waals surface area contributed by atoms with E-state index in [1.807, 2.05) is 18.7 Å². The summed E-state index contributed by atoms with van der Waals surface area (Å²) in [5.41, 5.74) is 0.366. The maximum absolute atomic E-state index is 10.8. The van der Waals surface area contributed by atoms with E-state index in [1.54, 1.807) is 12.2 Å². The van der Waals surface area contributed by atoms with E-state index in [0.29, 0.717) is 25.2 Å². The molecule has 1 N–H and O–H groups in total. The maximum Gasteiger partial charge on any atom is 0.351 e. The first-order chi connectivity index (χ1) is 6.17. The van der Waals surface area contributed by atoms with Crippen molar-refractivity contribution in [2.45, 2.75) is 20.3 Å². The molecule has 3 nitrogen and oxygen atoms in total. The van der Waals surface area contributed by atoms with Crippen LogP contribution in [0.5, 0.6) is 0 Å². The highest BCUT2D eigenvalue weighted by atomic mass is 16.4. The standard InChI is InChI=1S/C10H17NO2/c1-4-7-8-9(10(12)13)11(5-2)6-3/h4,8H,1,5-7H2,2-3H3,(H,12,13)/b9-8+. The van der Waals surface area contributed by atoms with E-state index in [-0.39, 0.29) is 0 Å². The van der Waals surface area contributed by atoms with Gasteiger partial charge in [0.15, 0.2) is 0 Å². The minimum atomic E-state index is -0.870. The molecule has 3 heteroatoms. The Morgan fingerprint density at radius 2 is 2.00 bits per heavy atom. The van der Waals surface area contributed by atoms with Gasteiger partial charge in [-0.2, -0.15) is 0 Å². The van der Waals surface area contributed by atoms with Gasteiger partial charge in [-0.25, -0.2) is 4.79 Å². The maximum atomic E-state index is 10.8. The molecule has 0 bridgehead atoms. The molecule has 0 aromatic heterocycles. The summed E-state index contributed by atoms with van der Waals surface area (Å²) in [7, 11) is 0. The fourth-order valence-corrected chi connectivity index (χ4v) is 1.11. The van der Waals surface area contributed by atoms with Gasteiger partial charge in [0.05, 0.1) is 0 Å². The summed E-state index contributed by atoms with van der Waals surface area (Å²) < 4.78 is 0. The molecule has 0 aliphatic heterocycles. The van der Waals surface area contributed by atoms with Gasteiger partial charge in [-0.15, -0.1) is 6.58 Å². The second kappa shape index (κ2) is 6.29. The van der Waals surface area contributed by atoms with Gasteiger partial charge in [0.1, 0.15) is 5.70 Å². The lowest BCUT2D eigenvalue weighted by molar-refractivity contribution is -0.134. The fourth-order valence-electron chi connectivity index (χ4n) is 1.11. The van der Waals surface area contributed by atoms with Crippen LogP contribution >= 0.6 is 0 Å². The van der Waals surface area contributed by atoms with Crippen molar-refractivity contribution < 1.29 is 9.90 Å². The van der Waals surface area contributed by atoms with Crippen LogP contribution in [-0.2, 0) is 4.79 Å². The van der Waals surface area contributed by atoms with Crippen molar-refractivity contribution in [1.82, 2.24) is 4.90 Å². The van der Waals surface area contributed by atoms with Crippen LogP contribution in [0, 0.1) is 0 Å². The van der Waals surface area contributed by atoms with Crippen molar-refractivity contribution in [2.24, 2.45) is 0 Å². The average molecular weight is 183 g/mol. The molecular formula is C10H17NO2. The van der Waals surface area contributed by atoms with E-state index >= 15 is 0 Å². The molecule has 0 unspecified atom stereocenters. The molecule has 0 spiro atoms. The van der Waals surface area contributed by atoms with Gasteiger partial charge in [-0.05, 0) is 26.3 Å². The lowest BCUT2D eigenvalue weighted by Gasteiger charge is -2.21. The minimum absolute atomic E-state index is 0.366. The number of allylic oxidation sites excluding steroid dienone is 2. The van der Waals surface area contributed by atoms with Gasteiger partial charge in [-0.1, -0.05) is 6.08 Å². The lowest BCUT2D eigenvalue weighted by Crippen LogP contribution is -2.27. The van der Waals surface area contributed by atoms with Crippen molar-refractivity contribution in [3.63, 3.8) is 0 Å². The Bertz CT molecular complexity index is 205. The summed E-state index contributed by atoms with van der Waals surface area (Å²) in [4.78, 5) is 12.6. The molecule has 74 valence electrons. The molecule has 0 saturated carbocycles. The topological polar surface area (TPSA) is 40.5 Å². The molecule has 0 radical (unpaired) electrons. The first-order valence-corrected chi connectivity index (χ1v) is 4.46. The van der Waals surface area contributed by atoms with E-state index in [4.69, 9.17) is 5.11 Å². The Labute approximate surface area is 79.4 Å². The molecule has 0 aliphatic rings. The number of hydrogen-bond donors (Lipinski definition) is 1. The first kappa shape index (κ1) is 11.8. The van der Waals surface area contributed by atoms with Gasteiger partial charge in [-0.3, -0.25) is 0 Å². The van der Waals surface area contributed by atoms with Crippen LogP contribution in [0.25, 0.3) is 0 Å². The molecule has 0 atom stereocenters. The summed E-state index contributed by atoms with van der Waals surface area (Å²) >= 11 is 0. The normalized spacial score (nSPS) is 11.1. The molecule has 0 fully saturated rings. The zero-order chi connectivity index (χ0) is 10.3. The van der Waals surface area contributed by atoms with Crippen LogP contribution in [0.1, 0.15) is 20.3 Å². The van der Waals surface area contributed by atoms with Crippen LogP contribution in [0.15, 0.2) is 24.4 Å². The number of likely N-dealkylation sites (N-methyl/N-ethyl adjacent to an activating group) is 1. The Kier molecular flexibility index (Phi) is 5.68. The van der Waals surface area contributed by atoms with E-state index < -0.39 is 5.97 Å². The van der Waals surface area contributed by atoms with E-state index in [0.717, 1.165) is 0 Å². The summed E-state index contributed by atoms with van der Waals surface area (Å²) in [6.45, 7) is 8.85. The molecule has 0 amide bonds. The number of aliphatic carboxylic acids is 1. The van der Waals surface area contributed by atoms with Crippen molar-refractivity contribution in [3.8, 4) is 0 Å². The van der Waals surface area contributed by atoms with Crippen molar-refractivity contribution >= 4 is 5.97 Å². The van der Waals surface area contributed by atoms with Gasteiger partial charge >= 0.3 is 5.97 Å².